The lowest BCUT2D eigenvalue weighted by atomic mass is 10.1. The van der Waals surface area contributed by atoms with E-state index in [1.807, 2.05) is 52.0 Å². The fraction of sp³-hybridized carbons (Fsp3) is 0.440. The second-order valence-corrected chi connectivity index (χ2v) is 7.72. The molecule has 2 rings (SSSR count). The van der Waals surface area contributed by atoms with Gasteiger partial charge < -0.3 is 19.7 Å². The summed E-state index contributed by atoms with van der Waals surface area (Å²) in [5, 5.41) is 3.01. The number of nitrogens with zero attached hydrogens (tertiary/aromatic N) is 1. The summed E-state index contributed by atoms with van der Waals surface area (Å²) in [5.41, 5.74) is 2.09. The van der Waals surface area contributed by atoms with Crippen LogP contribution in [0.15, 0.2) is 48.5 Å². The molecule has 0 heterocycles. The Hall–Kier alpha value is -3.02. The van der Waals surface area contributed by atoms with Crippen LogP contribution in [0.3, 0.4) is 0 Å². The first-order valence-corrected chi connectivity index (χ1v) is 10.8. The summed E-state index contributed by atoms with van der Waals surface area (Å²) < 4.78 is 10.9. The highest BCUT2D eigenvalue weighted by atomic mass is 16.5. The Kier molecular flexibility index (Phi) is 9.38. The van der Waals surface area contributed by atoms with Crippen LogP contribution in [0.5, 0.6) is 11.5 Å². The number of nitrogens with one attached hydrogen (secondary N) is 1. The number of aryl methyl sites for hydroxylation is 1. The summed E-state index contributed by atoms with van der Waals surface area (Å²) in [4.78, 5) is 27.7. The van der Waals surface area contributed by atoms with Crippen LogP contribution in [0.4, 0.5) is 0 Å². The number of hydrogen-bond acceptors (Lipinski definition) is 4. The zero-order chi connectivity index (χ0) is 22.8. The standard InChI is InChI=1S/C25H34N2O4/c1-6-19(4)26-25(29)23(7-2)27(16-20-10-8-9-18(3)15-20)24(28)17-31-22-13-11-21(30-5)12-14-22/h8-15,19,23H,6-7,16-17H2,1-5H3,(H,26,29)/t19-,23-/m0/s1. The fourth-order valence-corrected chi connectivity index (χ4v) is 3.27. The van der Waals surface area contributed by atoms with Crippen LogP contribution in [0, 0.1) is 6.92 Å². The van der Waals surface area contributed by atoms with Gasteiger partial charge in [-0.05, 0) is 56.5 Å². The van der Waals surface area contributed by atoms with E-state index in [2.05, 4.69) is 5.32 Å². The molecule has 31 heavy (non-hydrogen) atoms. The molecule has 0 bridgehead atoms. The fourth-order valence-electron chi connectivity index (χ4n) is 3.27. The van der Waals surface area contributed by atoms with Crippen molar-refractivity contribution < 1.29 is 19.1 Å². The van der Waals surface area contributed by atoms with Crippen LogP contribution in [0.1, 0.15) is 44.7 Å². The van der Waals surface area contributed by atoms with Crippen molar-refractivity contribution >= 4 is 11.8 Å². The van der Waals surface area contributed by atoms with E-state index in [4.69, 9.17) is 9.47 Å². The van der Waals surface area contributed by atoms with Gasteiger partial charge in [-0.25, -0.2) is 0 Å². The molecule has 2 amide bonds. The molecule has 0 unspecified atom stereocenters. The van der Waals surface area contributed by atoms with Crippen LogP contribution in [-0.2, 0) is 16.1 Å². The Labute approximate surface area is 185 Å². The van der Waals surface area contributed by atoms with Crippen molar-refractivity contribution in [2.45, 2.75) is 59.2 Å². The van der Waals surface area contributed by atoms with Crippen LogP contribution in [-0.4, -0.2) is 42.5 Å². The lowest BCUT2D eigenvalue weighted by Crippen LogP contribution is -2.51. The van der Waals surface area contributed by atoms with E-state index >= 15 is 0 Å². The van der Waals surface area contributed by atoms with Crippen molar-refractivity contribution in [2.24, 2.45) is 0 Å². The van der Waals surface area contributed by atoms with Gasteiger partial charge in [0.15, 0.2) is 6.61 Å². The summed E-state index contributed by atoms with van der Waals surface area (Å²) >= 11 is 0. The summed E-state index contributed by atoms with van der Waals surface area (Å²) in [5.74, 6) is 0.917. The third-order valence-electron chi connectivity index (χ3n) is 5.24. The van der Waals surface area contributed by atoms with Crippen molar-refractivity contribution in [2.75, 3.05) is 13.7 Å². The zero-order valence-electron chi connectivity index (χ0n) is 19.2. The molecule has 0 fully saturated rings. The largest absolute Gasteiger partial charge is 0.497 e. The molecular formula is C25H34N2O4. The zero-order valence-corrected chi connectivity index (χ0v) is 19.2. The summed E-state index contributed by atoms with van der Waals surface area (Å²) in [6.07, 6.45) is 1.34. The molecule has 6 heteroatoms. The molecule has 0 aliphatic rings. The topological polar surface area (TPSA) is 67.9 Å². The van der Waals surface area contributed by atoms with Crippen LogP contribution in [0.25, 0.3) is 0 Å². The van der Waals surface area contributed by atoms with Crippen LogP contribution >= 0.6 is 0 Å². The molecule has 0 aliphatic heterocycles. The van der Waals surface area contributed by atoms with Crippen molar-refractivity contribution in [3.8, 4) is 11.5 Å². The second kappa shape index (κ2) is 12.0. The molecule has 0 saturated heterocycles. The molecule has 0 aromatic heterocycles. The lowest BCUT2D eigenvalue weighted by molar-refractivity contribution is -0.143. The molecule has 6 nitrogen and oxygen atoms in total. The predicted molar refractivity (Wildman–Crippen MR) is 122 cm³/mol. The molecule has 1 N–H and O–H groups in total. The van der Waals surface area contributed by atoms with Gasteiger partial charge in [-0.1, -0.05) is 43.7 Å². The number of rotatable bonds is 11. The van der Waals surface area contributed by atoms with Gasteiger partial charge in [-0.2, -0.15) is 0 Å². The number of hydrogen-bond donors (Lipinski definition) is 1. The van der Waals surface area contributed by atoms with Crippen molar-refractivity contribution in [1.29, 1.82) is 0 Å². The molecule has 2 atom stereocenters. The number of ether oxygens (including phenoxy) is 2. The lowest BCUT2D eigenvalue weighted by Gasteiger charge is -2.31. The molecule has 0 saturated carbocycles. The molecule has 168 valence electrons. The Morgan fingerprint density at radius 3 is 2.29 bits per heavy atom. The van der Waals surface area contributed by atoms with Gasteiger partial charge >= 0.3 is 0 Å². The number of benzene rings is 2. The van der Waals surface area contributed by atoms with Crippen molar-refractivity contribution in [3.63, 3.8) is 0 Å². The van der Waals surface area contributed by atoms with E-state index in [1.165, 1.54) is 0 Å². The molecule has 0 radical (unpaired) electrons. The minimum atomic E-state index is -0.568. The third-order valence-corrected chi connectivity index (χ3v) is 5.24. The van der Waals surface area contributed by atoms with Gasteiger partial charge in [0.2, 0.25) is 5.91 Å². The first kappa shape index (κ1) is 24.3. The van der Waals surface area contributed by atoms with E-state index in [0.29, 0.717) is 24.5 Å². The monoisotopic (exact) mass is 426 g/mol. The van der Waals surface area contributed by atoms with Crippen molar-refractivity contribution in [1.82, 2.24) is 10.2 Å². The molecule has 0 spiro atoms. The minimum absolute atomic E-state index is 0.0491. The third kappa shape index (κ3) is 7.31. The van der Waals surface area contributed by atoms with Crippen LogP contribution < -0.4 is 14.8 Å². The maximum absolute atomic E-state index is 13.2. The average Bonchev–Trinajstić information content (AvgIpc) is 2.77. The van der Waals surface area contributed by atoms with E-state index in [1.54, 1.807) is 36.3 Å². The molecular weight excluding hydrogens is 392 g/mol. The maximum Gasteiger partial charge on any atom is 0.261 e. The summed E-state index contributed by atoms with van der Waals surface area (Å²) in [7, 11) is 1.60. The van der Waals surface area contributed by atoms with Gasteiger partial charge in [0, 0.05) is 12.6 Å². The molecule has 2 aromatic carbocycles. The number of amides is 2. The first-order chi connectivity index (χ1) is 14.9. The minimum Gasteiger partial charge on any atom is -0.497 e. The quantitative estimate of drug-likeness (QED) is 0.587. The van der Waals surface area contributed by atoms with E-state index in [0.717, 1.165) is 17.5 Å². The summed E-state index contributed by atoms with van der Waals surface area (Å²) in [6.45, 7) is 8.11. The Morgan fingerprint density at radius 1 is 1.03 bits per heavy atom. The number of carbonyl (C=O) groups is 2. The average molecular weight is 427 g/mol. The van der Waals surface area contributed by atoms with E-state index < -0.39 is 6.04 Å². The Bertz CT molecular complexity index is 851. The smallest absolute Gasteiger partial charge is 0.261 e. The van der Waals surface area contributed by atoms with E-state index in [9.17, 15) is 9.59 Å². The number of carbonyl (C=O) groups excluding carboxylic acids is 2. The van der Waals surface area contributed by atoms with Gasteiger partial charge in [0.1, 0.15) is 17.5 Å². The summed E-state index contributed by atoms with van der Waals surface area (Å²) in [6, 6.07) is 14.5. The predicted octanol–water partition coefficient (Wildman–Crippen LogP) is 4.10. The van der Waals surface area contributed by atoms with E-state index in [-0.39, 0.29) is 24.5 Å². The van der Waals surface area contributed by atoms with Crippen LogP contribution in [0.2, 0.25) is 0 Å². The highest BCUT2D eigenvalue weighted by molar-refractivity contribution is 5.88. The van der Waals surface area contributed by atoms with Gasteiger partial charge in [-0.15, -0.1) is 0 Å². The van der Waals surface area contributed by atoms with Gasteiger partial charge in [0.05, 0.1) is 7.11 Å². The highest BCUT2D eigenvalue weighted by Crippen LogP contribution is 2.18. The number of methoxy groups -OCH3 is 1. The normalized spacial score (nSPS) is 12.5. The maximum atomic E-state index is 13.2. The molecule has 0 aliphatic carbocycles. The van der Waals surface area contributed by atoms with Gasteiger partial charge in [0.25, 0.3) is 5.91 Å². The Morgan fingerprint density at radius 2 is 1.71 bits per heavy atom. The Balaban J connectivity index is 2.19. The second-order valence-electron chi connectivity index (χ2n) is 7.72. The SMILES string of the molecule is CC[C@H](C)NC(=O)[C@H](CC)N(Cc1cccc(C)c1)C(=O)COc1ccc(OC)cc1. The van der Waals surface area contributed by atoms with Crippen molar-refractivity contribution in [3.05, 3.63) is 59.7 Å². The van der Waals surface area contributed by atoms with Gasteiger partial charge in [-0.3, -0.25) is 9.59 Å². The first-order valence-electron chi connectivity index (χ1n) is 10.8. The highest BCUT2D eigenvalue weighted by Gasteiger charge is 2.29. The molecule has 2 aromatic rings.